The molecule has 0 aliphatic carbocycles. The van der Waals surface area contributed by atoms with Crippen LogP contribution in [0.15, 0.2) is 54.6 Å². The number of hydrogen-bond acceptors (Lipinski definition) is 4. The molecule has 4 nitrogen and oxygen atoms in total. The van der Waals surface area contributed by atoms with Gasteiger partial charge in [0.1, 0.15) is 0 Å². The number of rotatable bonds is 6. The van der Waals surface area contributed by atoms with Crippen molar-refractivity contribution in [1.29, 1.82) is 0 Å². The number of amides is 1. The molecule has 1 aliphatic heterocycles. The molecule has 0 spiro atoms. The van der Waals surface area contributed by atoms with Crippen molar-refractivity contribution in [2.45, 2.75) is 25.2 Å². The molecule has 1 aromatic heterocycles. The quantitative estimate of drug-likeness (QED) is 0.708. The molecule has 0 bridgehead atoms. The lowest BCUT2D eigenvalue weighted by molar-refractivity contribution is -0.122. The normalized spacial score (nSPS) is 17.9. The Morgan fingerprint density at radius 1 is 1.15 bits per heavy atom. The van der Waals surface area contributed by atoms with Crippen LogP contribution >= 0.6 is 11.3 Å². The molecule has 1 aliphatic rings. The van der Waals surface area contributed by atoms with E-state index >= 15 is 0 Å². The summed E-state index contributed by atoms with van der Waals surface area (Å²) in [7, 11) is 0. The van der Waals surface area contributed by atoms with E-state index in [0.29, 0.717) is 19.0 Å². The average Bonchev–Trinajstić information content (AvgIpc) is 3.13. The fourth-order valence-electron chi connectivity index (χ4n) is 3.72. The van der Waals surface area contributed by atoms with E-state index in [1.54, 1.807) is 11.3 Å². The first kappa shape index (κ1) is 18.1. The van der Waals surface area contributed by atoms with Crippen LogP contribution in [0.2, 0.25) is 0 Å². The van der Waals surface area contributed by atoms with E-state index in [1.165, 1.54) is 15.3 Å². The number of thiazole rings is 1. The summed E-state index contributed by atoms with van der Waals surface area (Å²) in [5, 5.41) is 4.27. The molecule has 2 aromatic carbocycles. The first-order chi connectivity index (χ1) is 13.3. The highest BCUT2D eigenvalue weighted by atomic mass is 32.1. The Bertz CT molecular complexity index is 860. The van der Waals surface area contributed by atoms with Gasteiger partial charge in [-0.2, -0.15) is 0 Å². The number of hydrogen-bond donors (Lipinski definition) is 1. The number of nitrogens with one attached hydrogen (secondary N) is 1. The maximum Gasteiger partial charge on any atom is 0.234 e. The van der Waals surface area contributed by atoms with Crippen LogP contribution in [-0.2, 0) is 11.2 Å². The smallest absolute Gasteiger partial charge is 0.234 e. The Morgan fingerprint density at radius 3 is 2.81 bits per heavy atom. The zero-order chi connectivity index (χ0) is 18.5. The third-order valence-electron chi connectivity index (χ3n) is 5.11. The highest BCUT2D eigenvalue weighted by Crippen LogP contribution is 2.32. The maximum absolute atomic E-state index is 12.3. The standard InChI is InChI=1S/C22H25N3OS/c26-21(23-13-12-17-7-2-1-3-8-17)16-25-14-6-9-18(15-25)22-24-19-10-4-5-11-20(19)27-22/h1-5,7-8,10-11,18H,6,9,12-16H2,(H,23,26)/t18-/m1/s1. The molecular weight excluding hydrogens is 354 g/mol. The summed E-state index contributed by atoms with van der Waals surface area (Å²) in [6.45, 7) is 3.09. The Labute approximate surface area is 164 Å². The van der Waals surface area contributed by atoms with Gasteiger partial charge in [-0.3, -0.25) is 9.69 Å². The Kier molecular flexibility index (Phi) is 5.80. The highest BCUT2D eigenvalue weighted by Gasteiger charge is 2.25. The van der Waals surface area contributed by atoms with E-state index in [1.807, 2.05) is 24.3 Å². The lowest BCUT2D eigenvalue weighted by Gasteiger charge is -2.31. The molecule has 4 rings (SSSR count). The van der Waals surface area contributed by atoms with E-state index in [4.69, 9.17) is 4.98 Å². The van der Waals surface area contributed by atoms with Gasteiger partial charge in [-0.15, -0.1) is 11.3 Å². The number of likely N-dealkylation sites (tertiary alicyclic amines) is 1. The largest absolute Gasteiger partial charge is 0.355 e. The van der Waals surface area contributed by atoms with Gasteiger partial charge in [-0.1, -0.05) is 42.5 Å². The van der Waals surface area contributed by atoms with Crippen LogP contribution in [0.4, 0.5) is 0 Å². The van der Waals surface area contributed by atoms with Gasteiger partial charge in [0.2, 0.25) is 5.91 Å². The Hall–Kier alpha value is -2.24. The molecule has 27 heavy (non-hydrogen) atoms. The molecule has 1 saturated heterocycles. The summed E-state index contributed by atoms with van der Waals surface area (Å²) in [5.41, 5.74) is 2.35. The number of nitrogens with zero attached hydrogens (tertiary/aromatic N) is 2. The van der Waals surface area contributed by atoms with Crippen molar-refractivity contribution in [2.24, 2.45) is 0 Å². The minimum atomic E-state index is 0.121. The van der Waals surface area contributed by atoms with Gasteiger partial charge in [0.25, 0.3) is 0 Å². The summed E-state index contributed by atoms with van der Waals surface area (Å²) in [4.78, 5) is 19.4. The minimum absolute atomic E-state index is 0.121. The topological polar surface area (TPSA) is 45.2 Å². The number of fused-ring (bicyclic) bond motifs is 1. The molecule has 0 saturated carbocycles. The van der Waals surface area contributed by atoms with Gasteiger partial charge in [-0.25, -0.2) is 4.98 Å². The lowest BCUT2D eigenvalue weighted by Crippen LogP contribution is -2.42. The summed E-state index contributed by atoms with van der Waals surface area (Å²) in [5.74, 6) is 0.559. The molecule has 0 unspecified atom stereocenters. The third kappa shape index (κ3) is 4.73. The second-order valence-corrected chi connectivity index (χ2v) is 8.24. The Balaban J connectivity index is 1.28. The molecule has 1 atom stereocenters. The van der Waals surface area contributed by atoms with E-state index in [0.717, 1.165) is 37.9 Å². The Morgan fingerprint density at radius 2 is 1.96 bits per heavy atom. The van der Waals surface area contributed by atoms with Crippen LogP contribution < -0.4 is 5.32 Å². The van der Waals surface area contributed by atoms with Gasteiger partial charge in [-0.05, 0) is 43.5 Å². The third-order valence-corrected chi connectivity index (χ3v) is 6.31. The molecule has 1 N–H and O–H groups in total. The second-order valence-electron chi connectivity index (χ2n) is 7.18. The van der Waals surface area contributed by atoms with Gasteiger partial charge >= 0.3 is 0 Å². The van der Waals surface area contributed by atoms with Crippen molar-refractivity contribution < 1.29 is 4.79 Å². The van der Waals surface area contributed by atoms with Gasteiger partial charge in [0, 0.05) is 19.0 Å². The number of para-hydroxylation sites is 1. The predicted octanol–water partition coefficient (Wildman–Crippen LogP) is 3.83. The SMILES string of the molecule is O=C(CN1CCC[C@@H](c2nc3ccccc3s2)C1)NCCc1ccccc1. The molecule has 2 heterocycles. The number of carbonyl (C=O) groups is 1. The summed E-state index contributed by atoms with van der Waals surface area (Å²) >= 11 is 1.80. The van der Waals surface area contributed by atoms with Crippen molar-refractivity contribution in [3.63, 3.8) is 0 Å². The minimum Gasteiger partial charge on any atom is -0.355 e. The molecule has 1 fully saturated rings. The maximum atomic E-state index is 12.3. The molecule has 140 valence electrons. The lowest BCUT2D eigenvalue weighted by atomic mass is 9.99. The second kappa shape index (κ2) is 8.63. The van der Waals surface area contributed by atoms with Crippen molar-refractivity contribution in [3.05, 3.63) is 65.2 Å². The van der Waals surface area contributed by atoms with Gasteiger partial charge in [0.15, 0.2) is 0 Å². The summed E-state index contributed by atoms with van der Waals surface area (Å²) in [6, 6.07) is 18.6. The fourth-order valence-corrected chi connectivity index (χ4v) is 4.81. The van der Waals surface area contributed by atoms with Crippen LogP contribution in [0.1, 0.15) is 29.3 Å². The molecule has 5 heteroatoms. The van der Waals surface area contributed by atoms with E-state index in [9.17, 15) is 4.79 Å². The van der Waals surface area contributed by atoms with Crippen molar-refractivity contribution in [2.75, 3.05) is 26.2 Å². The number of piperidine rings is 1. The van der Waals surface area contributed by atoms with E-state index < -0.39 is 0 Å². The molecule has 0 radical (unpaired) electrons. The number of carbonyl (C=O) groups excluding carboxylic acids is 1. The molecular formula is C22H25N3OS. The highest BCUT2D eigenvalue weighted by molar-refractivity contribution is 7.18. The zero-order valence-electron chi connectivity index (χ0n) is 15.4. The van der Waals surface area contributed by atoms with Crippen LogP contribution in [0.5, 0.6) is 0 Å². The monoisotopic (exact) mass is 379 g/mol. The number of aromatic nitrogens is 1. The van der Waals surface area contributed by atoms with Gasteiger partial charge < -0.3 is 5.32 Å². The van der Waals surface area contributed by atoms with Gasteiger partial charge in [0.05, 0.1) is 21.8 Å². The van der Waals surface area contributed by atoms with E-state index in [-0.39, 0.29) is 5.91 Å². The van der Waals surface area contributed by atoms with Crippen molar-refractivity contribution in [3.8, 4) is 0 Å². The first-order valence-corrected chi connectivity index (χ1v) is 10.5. The fraction of sp³-hybridized carbons (Fsp3) is 0.364. The van der Waals surface area contributed by atoms with Crippen LogP contribution in [0.25, 0.3) is 10.2 Å². The molecule has 1 amide bonds. The predicted molar refractivity (Wildman–Crippen MR) is 111 cm³/mol. The van der Waals surface area contributed by atoms with Crippen molar-refractivity contribution in [1.82, 2.24) is 15.2 Å². The summed E-state index contributed by atoms with van der Waals surface area (Å²) < 4.78 is 1.25. The number of benzene rings is 2. The van der Waals surface area contributed by atoms with Crippen LogP contribution in [0, 0.1) is 0 Å². The van der Waals surface area contributed by atoms with E-state index in [2.05, 4.69) is 40.5 Å². The van der Waals surface area contributed by atoms with Crippen LogP contribution in [-0.4, -0.2) is 42.0 Å². The average molecular weight is 380 g/mol. The first-order valence-electron chi connectivity index (χ1n) is 9.66. The summed E-state index contributed by atoms with van der Waals surface area (Å²) in [6.07, 6.45) is 3.16. The zero-order valence-corrected chi connectivity index (χ0v) is 16.3. The van der Waals surface area contributed by atoms with Crippen molar-refractivity contribution >= 4 is 27.5 Å². The van der Waals surface area contributed by atoms with Crippen LogP contribution in [0.3, 0.4) is 0 Å². The molecule has 3 aromatic rings.